The number of hydrogen-bond donors (Lipinski definition) is 0. The Morgan fingerprint density at radius 1 is 1.08 bits per heavy atom. The van der Waals surface area contributed by atoms with Gasteiger partial charge in [-0.15, -0.1) is 0 Å². The summed E-state index contributed by atoms with van der Waals surface area (Å²) in [5.41, 5.74) is 3.18. The van der Waals surface area contributed by atoms with Crippen LogP contribution in [0.25, 0.3) is 6.08 Å². The highest BCUT2D eigenvalue weighted by atomic mass is 16.5. The predicted molar refractivity (Wildman–Crippen MR) is 89.9 cm³/mol. The minimum absolute atomic E-state index is 0.0150. The Kier molecular flexibility index (Phi) is 4.29. The summed E-state index contributed by atoms with van der Waals surface area (Å²) in [7, 11) is 6.56. The number of carbonyl (C=O) groups excluding carboxylic acids is 1. The molecule has 0 saturated heterocycles. The van der Waals surface area contributed by atoms with E-state index in [9.17, 15) is 4.79 Å². The Labute approximate surface area is 140 Å². The van der Waals surface area contributed by atoms with Crippen LogP contribution in [0.2, 0.25) is 0 Å². The minimum Gasteiger partial charge on any atom is -0.493 e. The summed E-state index contributed by atoms with van der Waals surface area (Å²) < 4.78 is 17.9. The molecule has 0 fully saturated rings. The molecule has 24 heavy (non-hydrogen) atoms. The first-order valence-electron chi connectivity index (χ1n) is 7.65. The van der Waals surface area contributed by atoms with Gasteiger partial charge in [0.1, 0.15) is 0 Å². The van der Waals surface area contributed by atoms with E-state index in [-0.39, 0.29) is 5.78 Å². The van der Waals surface area contributed by atoms with Crippen molar-refractivity contribution in [2.45, 2.75) is 12.8 Å². The summed E-state index contributed by atoms with van der Waals surface area (Å²) in [6.07, 6.45) is 4.96. The summed E-state index contributed by atoms with van der Waals surface area (Å²) >= 11 is 0. The molecule has 1 heterocycles. The van der Waals surface area contributed by atoms with Gasteiger partial charge in [0.05, 0.1) is 33.1 Å². The molecule has 0 radical (unpaired) electrons. The third-order valence-corrected chi connectivity index (χ3v) is 4.29. The van der Waals surface area contributed by atoms with E-state index < -0.39 is 0 Å². The van der Waals surface area contributed by atoms with Crippen molar-refractivity contribution >= 4 is 11.9 Å². The van der Waals surface area contributed by atoms with E-state index in [0.29, 0.717) is 29.2 Å². The third-order valence-electron chi connectivity index (χ3n) is 4.29. The molecule has 1 aromatic heterocycles. The average molecular weight is 328 g/mol. The van der Waals surface area contributed by atoms with E-state index >= 15 is 0 Å². The third kappa shape index (κ3) is 2.54. The van der Waals surface area contributed by atoms with E-state index in [1.54, 1.807) is 38.3 Å². The molecule has 3 rings (SSSR count). The Hall–Kier alpha value is -2.76. The Balaban J connectivity index is 2.05. The van der Waals surface area contributed by atoms with Gasteiger partial charge < -0.3 is 14.2 Å². The standard InChI is InChI=1S/C18H20N2O4/c1-20-14-7-5-11(16(21)13(14)10-19-20)9-12-6-8-15(22-2)18(24-4)17(12)23-3/h6,8-10H,5,7H2,1-4H3. The van der Waals surface area contributed by atoms with Gasteiger partial charge in [0.2, 0.25) is 5.75 Å². The lowest BCUT2D eigenvalue weighted by atomic mass is 9.90. The van der Waals surface area contributed by atoms with Crippen molar-refractivity contribution in [1.82, 2.24) is 9.78 Å². The number of aromatic nitrogens is 2. The summed E-state index contributed by atoms with van der Waals surface area (Å²) in [6.45, 7) is 0. The molecule has 1 aliphatic carbocycles. The normalized spacial score (nSPS) is 15.3. The summed E-state index contributed by atoms with van der Waals surface area (Å²) in [5.74, 6) is 1.66. The highest BCUT2D eigenvalue weighted by Crippen LogP contribution is 2.41. The highest BCUT2D eigenvalue weighted by molar-refractivity contribution is 6.13. The van der Waals surface area contributed by atoms with Gasteiger partial charge in [0.15, 0.2) is 17.3 Å². The van der Waals surface area contributed by atoms with Crippen molar-refractivity contribution < 1.29 is 19.0 Å². The molecule has 0 aliphatic heterocycles. The fourth-order valence-electron chi connectivity index (χ4n) is 3.05. The van der Waals surface area contributed by atoms with Gasteiger partial charge in [-0.05, 0) is 31.1 Å². The molecule has 1 aromatic carbocycles. The van der Waals surface area contributed by atoms with Crippen LogP contribution in [0.4, 0.5) is 0 Å². The Morgan fingerprint density at radius 2 is 1.83 bits per heavy atom. The van der Waals surface area contributed by atoms with Crippen molar-refractivity contribution in [3.8, 4) is 17.2 Å². The van der Waals surface area contributed by atoms with Crippen molar-refractivity contribution in [1.29, 1.82) is 0 Å². The van der Waals surface area contributed by atoms with Crippen molar-refractivity contribution in [3.63, 3.8) is 0 Å². The Bertz CT molecular complexity index is 821. The fourth-order valence-corrected chi connectivity index (χ4v) is 3.05. The monoisotopic (exact) mass is 328 g/mol. The maximum Gasteiger partial charge on any atom is 0.203 e. The largest absolute Gasteiger partial charge is 0.493 e. The van der Waals surface area contributed by atoms with Gasteiger partial charge in [0.25, 0.3) is 0 Å². The van der Waals surface area contributed by atoms with Gasteiger partial charge in [-0.3, -0.25) is 9.48 Å². The molecule has 0 spiro atoms. The topological polar surface area (TPSA) is 62.6 Å². The first-order chi connectivity index (χ1) is 11.6. The first-order valence-corrected chi connectivity index (χ1v) is 7.65. The predicted octanol–water partition coefficient (Wildman–Crippen LogP) is 2.66. The lowest BCUT2D eigenvalue weighted by Gasteiger charge is -2.17. The lowest BCUT2D eigenvalue weighted by molar-refractivity contribution is 0.102. The second-order valence-electron chi connectivity index (χ2n) is 5.55. The van der Waals surface area contributed by atoms with E-state index in [1.165, 1.54) is 0 Å². The van der Waals surface area contributed by atoms with Crippen LogP contribution in [0.3, 0.4) is 0 Å². The SMILES string of the molecule is COc1ccc(C=C2CCc3c(cnn3C)C2=O)c(OC)c1OC. The number of methoxy groups -OCH3 is 3. The molecule has 0 amide bonds. The van der Waals surface area contributed by atoms with Crippen molar-refractivity contribution in [2.75, 3.05) is 21.3 Å². The summed E-state index contributed by atoms with van der Waals surface area (Å²) in [5, 5.41) is 4.18. The zero-order chi connectivity index (χ0) is 17.3. The fraction of sp³-hybridized carbons (Fsp3) is 0.333. The molecule has 0 saturated carbocycles. The van der Waals surface area contributed by atoms with E-state index in [4.69, 9.17) is 14.2 Å². The lowest BCUT2D eigenvalue weighted by Crippen LogP contribution is -2.15. The zero-order valence-electron chi connectivity index (χ0n) is 14.3. The number of benzene rings is 1. The van der Waals surface area contributed by atoms with E-state index in [0.717, 1.165) is 23.3 Å². The maximum atomic E-state index is 12.7. The van der Waals surface area contributed by atoms with Crippen LogP contribution in [0.1, 0.15) is 28.0 Å². The van der Waals surface area contributed by atoms with Crippen LogP contribution in [-0.2, 0) is 13.5 Å². The van der Waals surface area contributed by atoms with Crippen LogP contribution in [0.5, 0.6) is 17.2 Å². The van der Waals surface area contributed by atoms with Crippen LogP contribution in [0, 0.1) is 0 Å². The second-order valence-corrected chi connectivity index (χ2v) is 5.55. The number of allylic oxidation sites excluding steroid dienone is 1. The van der Waals surface area contributed by atoms with Crippen molar-refractivity contribution in [3.05, 3.63) is 40.7 Å². The zero-order valence-corrected chi connectivity index (χ0v) is 14.3. The summed E-state index contributed by atoms with van der Waals surface area (Å²) in [6, 6.07) is 3.66. The van der Waals surface area contributed by atoms with Crippen LogP contribution in [-0.4, -0.2) is 36.9 Å². The molecule has 6 heteroatoms. The number of fused-ring (bicyclic) bond motifs is 1. The van der Waals surface area contributed by atoms with Crippen LogP contribution < -0.4 is 14.2 Å². The van der Waals surface area contributed by atoms with Crippen molar-refractivity contribution in [2.24, 2.45) is 7.05 Å². The van der Waals surface area contributed by atoms with Gasteiger partial charge >= 0.3 is 0 Å². The Morgan fingerprint density at radius 3 is 2.50 bits per heavy atom. The molecule has 1 aliphatic rings. The molecule has 0 unspecified atom stereocenters. The van der Waals surface area contributed by atoms with Gasteiger partial charge in [-0.1, -0.05) is 0 Å². The van der Waals surface area contributed by atoms with Gasteiger partial charge in [-0.2, -0.15) is 5.10 Å². The number of ketones is 1. The molecule has 0 atom stereocenters. The highest BCUT2D eigenvalue weighted by Gasteiger charge is 2.25. The van der Waals surface area contributed by atoms with E-state index in [2.05, 4.69) is 5.10 Å². The second kappa shape index (κ2) is 6.39. The molecule has 6 nitrogen and oxygen atoms in total. The molecular weight excluding hydrogens is 308 g/mol. The minimum atomic E-state index is 0.0150. The quantitative estimate of drug-likeness (QED) is 0.808. The van der Waals surface area contributed by atoms with Crippen LogP contribution in [0.15, 0.2) is 23.9 Å². The number of carbonyl (C=O) groups is 1. The number of nitrogens with zero attached hydrogens (tertiary/aromatic N) is 2. The molecule has 0 N–H and O–H groups in total. The van der Waals surface area contributed by atoms with Gasteiger partial charge in [-0.25, -0.2) is 0 Å². The smallest absolute Gasteiger partial charge is 0.203 e. The van der Waals surface area contributed by atoms with Gasteiger partial charge in [0, 0.05) is 23.9 Å². The molecular formula is C18H20N2O4. The number of hydrogen-bond acceptors (Lipinski definition) is 5. The first kappa shape index (κ1) is 16.1. The molecule has 2 aromatic rings. The number of ether oxygens (including phenoxy) is 3. The molecule has 0 bridgehead atoms. The number of aryl methyl sites for hydroxylation is 1. The number of rotatable bonds is 4. The molecule has 126 valence electrons. The van der Waals surface area contributed by atoms with Crippen LogP contribution >= 0.6 is 0 Å². The summed E-state index contributed by atoms with van der Waals surface area (Å²) in [4.78, 5) is 12.7. The van der Waals surface area contributed by atoms with E-state index in [1.807, 2.05) is 19.2 Å². The average Bonchev–Trinajstić information content (AvgIpc) is 2.98. The maximum absolute atomic E-state index is 12.7. The number of Topliss-reactive ketones (excluding diaryl/α,β-unsaturated/α-hetero) is 1.